The second-order valence-electron chi connectivity index (χ2n) is 7.22. The molecule has 28 heavy (non-hydrogen) atoms. The number of nitrogens with one attached hydrogen (secondary N) is 1. The molecule has 1 N–H and O–H groups in total. The number of halogens is 3. The summed E-state index contributed by atoms with van der Waals surface area (Å²) in [4.78, 5) is 0. The van der Waals surface area contributed by atoms with Gasteiger partial charge in [-0.15, -0.1) is 0 Å². The van der Waals surface area contributed by atoms with Crippen LogP contribution in [0.5, 0.6) is 0 Å². The first-order chi connectivity index (χ1) is 13.1. The highest BCUT2D eigenvalue weighted by Crippen LogP contribution is 2.26. The van der Waals surface area contributed by atoms with Crippen molar-refractivity contribution in [2.75, 3.05) is 0 Å². The normalized spacial score (nSPS) is 15.0. The maximum absolute atomic E-state index is 13.1. The highest BCUT2D eigenvalue weighted by atomic mass is 19.4. The third-order valence-corrected chi connectivity index (χ3v) is 4.70. The Balaban J connectivity index is 2.15. The number of aryl methyl sites for hydroxylation is 1. The van der Waals surface area contributed by atoms with Gasteiger partial charge in [-0.1, -0.05) is 24.3 Å². The average Bonchev–Trinajstić information content (AvgIpc) is 2.62. The fourth-order valence-electron chi connectivity index (χ4n) is 3.06. The van der Waals surface area contributed by atoms with Crippen LogP contribution in [-0.2, 0) is 4.74 Å². The molecule has 148 valence electrons. The van der Waals surface area contributed by atoms with Crippen LogP contribution in [0.1, 0.15) is 31.9 Å². The number of rotatable bonds is 4. The lowest BCUT2D eigenvalue weighted by Gasteiger charge is -2.34. The first-order valence-corrected chi connectivity index (χ1v) is 9.08. The minimum absolute atomic E-state index is 0.101. The van der Waals surface area contributed by atoms with E-state index in [-0.39, 0.29) is 11.9 Å². The summed E-state index contributed by atoms with van der Waals surface area (Å²) >= 11 is 0. The Morgan fingerprint density at radius 3 is 2.43 bits per heavy atom. The number of nitrogens with zero attached hydrogens (tertiary/aromatic N) is 1. The van der Waals surface area contributed by atoms with E-state index < -0.39 is 12.3 Å². The number of hydrogen-bond donors (Lipinski definition) is 1. The van der Waals surface area contributed by atoms with Gasteiger partial charge >= 0.3 is 6.18 Å². The van der Waals surface area contributed by atoms with E-state index in [1.165, 1.54) is 0 Å². The Kier molecular flexibility index (Phi) is 5.33. The molecule has 1 heterocycles. The van der Waals surface area contributed by atoms with Crippen LogP contribution in [0.4, 0.5) is 13.2 Å². The number of hydrazine groups is 1. The Hall–Kier alpha value is -2.63. The molecule has 0 bridgehead atoms. The average molecular weight is 388 g/mol. The summed E-state index contributed by atoms with van der Waals surface area (Å²) in [7, 11) is 0. The summed E-state index contributed by atoms with van der Waals surface area (Å²) < 4.78 is 44.6. The van der Waals surface area contributed by atoms with Gasteiger partial charge in [-0.25, -0.2) is 0 Å². The molecule has 2 aromatic rings. The fourth-order valence-corrected chi connectivity index (χ4v) is 3.06. The SMILES string of the molecule is [CH]c1ccc(C)c(-c2ccc3c(c2)=CNN(C(C)C)C=3O[C@H](C)C(F)(F)F)c1. The summed E-state index contributed by atoms with van der Waals surface area (Å²) in [6.07, 6.45) is -4.60. The van der Waals surface area contributed by atoms with Crippen LogP contribution >= 0.6 is 0 Å². The number of fused-ring (bicyclic) bond motifs is 1. The molecule has 1 aliphatic rings. The molecule has 0 aromatic heterocycles. The second kappa shape index (κ2) is 7.41. The molecule has 0 fully saturated rings. The summed E-state index contributed by atoms with van der Waals surface area (Å²) in [6, 6.07) is 11.2. The van der Waals surface area contributed by atoms with Crippen molar-refractivity contribution in [3.63, 3.8) is 0 Å². The zero-order valence-electron chi connectivity index (χ0n) is 16.3. The van der Waals surface area contributed by atoms with Gasteiger partial charge in [-0.3, -0.25) is 5.01 Å². The molecule has 2 radical (unpaired) electrons. The molecule has 0 saturated heterocycles. The Labute approximate surface area is 163 Å². The zero-order chi connectivity index (χ0) is 20.6. The maximum Gasteiger partial charge on any atom is 0.425 e. The van der Waals surface area contributed by atoms with Crippen LogP contribution in [0.2, 0.25) is 0 Å². The third-order valence-electron chi connectivity index (χ3n) is 4.70. The van der Waals surface area contributed by atoms with Crippen molar-refractivity contribution in [1.29, 1.82) is 0 Å². The maximum atomic E-state index is 13.1. The van der Waals surface area contributed by atoms with Gasteiger partial charge in [0, 0.05) is 22.7 Å². The van der Waals surface area contributed by atoms with Crippen LogP contribution in [0, 0.1) is 13.8 Å². The minimum atomic E-state index is -4.45. The molecule has 0 aliphatic carbocycles. The van der Waals surface area contributed by atoms with Crippen molar-refractivity contribution in [2.24, 2.45) is 0 Å². The van der Waals surface area contributed by atoms with Crippen LogP contribution in [-0.4, -0.2) is 23.3 Å². The van der Waals surface area contributed by atoms with Gasteiger partial charge in [-0.05, 0) is 69.0 Å². The predicted octanol–water partition coefficient (Wildman–Crippen LogP) is 3.72. The van der Waals surface area contributed by atoms with Gasteiger partial charge in [0.25, 0.3) is 0 Å². The van der Waals surface area contributed by atoms with Gasteiger partial charge in [0.1, 0.15) is 0 Å². The number of hydrogen-bond acceptors (Lipinski definition) is 3. The Morgan fingerprint density at radius 1 is 1.07 bits per heavy atom. The van der Waals surface area contributed by atoms with E-state index in [1.54, 1.807) is 17.3 Å². The number of ether oxygens (including phenoxy) is 1. The minimum Gasteiger partial charge on any atom is -0.465 e. The molecule has 1 atom stereocenters. The van der Waals surface area contributed by atoms with Gasteiger partial charge in [0.2, 0.25) is 5.88 Å². The fraction of sp³-hybridized carbons (Fsp3) is 0.318. The summed E-state index contributed by atoms with van der Waals surface area (Å²) in [5, 5.41) is 2.95. The molecular formula is C22H23F3N2O. The zero-order valence-corrected chi connectivity index (χ0v) is 16.3. The molecule has 0 spiro atoms. The Bertz CT molecular complexity index is 996. The quantitative estimate of drug-likeness (QED) is 0.864. The third kappa shape index (κ3) is 3.96. The van der Waals surface area contributed by atoms with Crippen LogP contribution < -0.4 is 15.9 Å². The van der Waals surface area contributed by atoms with Crippen molar-refractivity contribution in [3.05, 3.63) is 64.9 Å². The van der Waals surface area contributed by atoms with Gasteiger partial charge in [0.15, 0.2) is 6.10 Å². The first kappa shape index (κ1) is 20.1. The monoisotopic (exact) mass is 388 g/mol. The number of benzene rings is 2. The van der Waals surface area contributed by atoms with E-state index in [0.29, 0.717) is 10.8 Å². The molecule has 0 amide bonds. The molecule has 2 aromatic carbocycles. The van der Waals surface area contributed by atoms with E-state index in [0.717, 1.165) is 28.8 Å². The molecule has 1 aliphatic heterocycles. The van der Waals surface area contributed by atoms with E-state index in [4.69, 9.17) is 11.7 Å². The van der Waals surface area contributed by atoms with Gasteiger partial charge in [0.05, 0.1) is 0 Å². The van der Waals surface area contributed by atoms with E-state index in [2.05, 4.69) is 5.43 Å². The van der Waals surface area contributed by atoms with Crippen molar-refractivity contribution in [2.45, 2.75) is 46.0 Å². The molecule has 3 rings (SSSR count). The molecular weight excluding hydrogens is 365 g/mol. The van der Waals surface area contributed by atoms with Crippen molar-refractivity contribution in [1.82, 2.24) is 10.4 Å². The van der Waals surface area contributed by atoms with E-state index in [1.807, 2.05) is 51.1 Å². The highest BCUT2D eigenvalue weighted by molar-refractivity contribution is 5.69. The first-order valence-electron chi connectivity index (χ1n) is 9.08. The smallest absolute Gasteiger partial charge is 0.425 e. The van der Waals surface area contributed by atoms with Crippen LogP contribution in [0.15, 0.2) is 36.4 Å². The van der Waals surface area contributed by atoms with Crippen LogP contribution in [0.3, 0.4) is 0 Å². The predicted molar refractivity (Wildman–Crippen MR) is 104 cm³/mol. The molecule has 6 heteroatoms. The lowest BCUT2D eigenvalue weighted by atomic mass is 9.97. The lowest BCUT2D eigenvalue weighted by Crippen LogP contribution is -2.51. The lowest BCUT2D eigenvalue weighted by molar-refractivity contribution is -0.200. The largest absolute Gasteiger partial charge is 0.465 e. The standard InChI is InChI=1S/C22H23F3N2O/c1-13(2)27-21(28-16(5)22(23,24)25)19-9-8-17(11-18(19)12-26-27)20-10-14(3)6-7-15(20)4/h3,6-13,16,26H,1-2,4-5H3/t16-/m1/s1. The summed E-state index contributed by atoms with van der Waals surface area (Å²) in [5.41, 5.74) is 6.67. The summed E-state index contributed by atoms with van der Waals surface area (Å²) in [6.45, 7) is 12.7. The van der Waals surface area contributed by atoms with Gasteiger partial charge < -0.3 is 10.2 Å². The van der Waals surface area contributed by atoms with Gasteiger partial charge in [-0.2, -0.15) is 13.2 Å². The molecule has 0 saturated carbocycles. The topological polar surface area (TPSA) is 24.5 Å². The second-order valence-corrected chi connectivity index (χ2v) is 7.22. The van der Waals surface area contributed by atoms with E-state index >= 15 is 0 Å². The molecule has 0 unspecified atom stereocenters. The molecule has 3 nitrogen and oxygen atoms in total. The Morgan fingerprint density at radius 2 is 1.79 bits per heavy atom. The van der Waals surface area contributed by atoms with Crippen LogP contribution in [0.25, 0.3) is 23.2 Å². The number of alkyl halides is 3. The van der Waals surface area contributed by atoms with Crippen molar-refractivity contribution >= 4 is 12.1 Å². The van der Waals surface area contributed by atoms with E-state index in [9.17, 15) is 13.2 Å². The van der Waals surface area contributed by atoms with Crippen molar-refractivity contribution in [3.8, 4) is 11.1 Å². The highest BCUT2D eigenvalue weighted by Gasteiger charge is 2.39. The summed E-state index contributed by atoms with van der Waals surface area (Å²) in [5.74, 6) is 0.160. The van der Waals surface area contributed by atoms with Crippen molar-refractivity contribution < 1.29 is 17.9 Å².